The molecule has 15 heavy (non-hydrogen) atoms. The molecule has 1 atom stereocenters. The van der Waals surface area contributed by atoms with Crippen molar-refractivity contribution in [2.24, 2.45) is 5.73 Å². The molecular weight excluding hydrogens is 300 g/mol. The second-order valence-corrected chi connectivity index (χ2v) is 5.88. The van der Waals surface area contributed by atoms with Gasteiger partial charge in [0.1, 0.15) is 4.34 Å². The fraction of sp³-hybridized carbons (Fsp3) is 0.444. The van der Waals surface area contributed by atoms with Crippen molar-refractivity contribution >= 4 is 44.8 Å². The number of carbonyl (C=O) groups is 1. The molecule has 1 aromatic rings. The van der Waals surface area contributed by atoms with Crippen LogP contribution in [0.25, 0.3) is 0 Å². The zero-order valence-electron chi connectivity index (χ0n) is 8.22. The van der Waals surface area contributed by atoms with E-state index in [2.05, 4.69) is 21.2 Å². The molecule has 0 saturated heterocycles. The highest BCUT2D eigenvalue weighted by Crippen LogP contribution is 2.31. The summed E-state index contributed by atoms with van der Waals surface area (Å²) in [5.74, 6) is -0.291. The average molecular weight is 312 g/mol. The van der Waals surface area contributed by atoms with E-state index in [9.17, 15) is 4.79 Å². The molecule has 1 amide bonds. The van der Waals surface area contributed by atoms with Gasteiger partial charge in [0.05, 0.1) is 0 Å². The number of carbonyl (C=O) groups excluding carboxylic acids is 1. The van der Waals surface area contributed by atoms with E-state index in [0.29, 0.717) is 13.0 Å². The lowest BCUT2D eigenvalue weighted by Crippen LogP contribution is -2.30. The molecule has 0 aromatic carbocycles. The molecule has 0 aliphatic rings. The van der Waals surface area contributed by atoms with Gasteiger partial charge in [0.25, 0.3) is 0 Å². The standard InChI is InChI=1S/C9H12BrClN2OS/c1-5(2-8(12)14)13-4-6-3-7(10)9(11)15-6/h3,5,13H,2,4H2,1H3,(H2,12,14). The minimum atomic E-state index is -0.291. The minimum absolute atomic E-state index is 0.0853. The highest BCUT2D eigenvalue weighted by Gasteiger charge is 2.08. The quantitative estimate of drug-likeness (QED) is 0.878. The van der Waals surface area contributed by atoms with Gasteiger partial charge >= 0.3 is 0 Å². The van der Waals surface area contributed by atoms with E-state index in [1.54, 1.807) is 0 Å². The van der Waals surface area contributed by atoms with Gasteiger partial charge in [0, 0.05) is 28.4 Å². The first-order valence-electron chi connectivity index (χ1n) is 4.44. The third-order valence-corrected chi connectivity index (χ3v) is 4.30. The third kappa shape index (κ3) is 4.51. The van der Waals surface area contributed by atoms with Crippen LogP contribution in [0.5, 0.6) is 0 Å². The topological polar surface area (TPSA) is 55.1 Å². The molecule has 0 radical (unpaired) electrons. The van der Waals surface area contributed by atoms with E-state index in [1.165, 1.54) is 11.3 Å². The Hall–Kier alpha value is -0.100. The van der Waals surface area contributed by atoms with Crippen LogP contribution in [0.1, 0.15) is 18.2 Å². The minimum Gasteiger partial charge on any atom is -0.370 e. The fourth-order valence-electron chi connectivity index (χ4n) is 1.13. The van der Waals surface area contributed by atoms with Gasteiger partial charge in [-0.15, -0.1) is 11.3 Å². The number of nitrogens with one attached hydrogen (secondary N) is 1. The van der Waals surface area contributed by atoms with Crippen molar-refractivity contribution in [3.63, 3.8) is 0 Å². The predicted octanol–water partition coefficient (Wildman–Crippen LogP) is 2.52. The highest BCUT2D eigenvalue weighted by atomic mass is 79.9. The maximum absolute atomic E-state index is 10.6. The monoisotopic (exact) mass is 310 g/mol. The normalized spacial score (nSPS) is 12.7. The molecule has 1 aromatic heterocycles. The van der Waals surface area contributed by atoms with Crippen LogP contribution in [0.3, 0.4) is 0 Å². The van der Waals surface area contributed by atoms with E-state index in [0.717, 1.165) is 13.7 Å². The van der Waals surface area contributed by atoms with E-state index in [1.807, 2.05) is 13.0 Å². The first-order valence-corrected chi connectivity index (χ1v) is 6.43. The lowest BCUT2D eigenvalue weighted by molar-refractivity contribution is -0.118. The molecule has 1 rings (SSSR count). The van der Waals surface area contributed by atoms with Crippen LogP contribution in [0.15, 0.2) is 10.5 Å². The summed E-state index contributed by atoms with van der Waals surface area (Å²) in [7, 11) is 0. The third-order valence-electron chi connectivity index (χ3n) is 1.83. The predicted molar refractivity (Wildman–Crippen MR) is 67.1 cm³/mol. The summed E-state index contributed by atoms with van der Waals surface area (Å²) < 4.78 is 1.66. The lowest BCUT2D eigenvalue weighted by atomic mass is 10.2. The van der Waals surface area contributed by atoms with E-state index in [4.69, 9.17) is 17.3 Å². The SMILES string of the molecule is CC(CC(N)=O)NCc1cc(Br)c(Cl)s1. The number of thiophene rings is 1. The average Bonchev–Trinajstić information content (AvgIpc) is 2.42. The van der Waals surface area contributed by atoms with Crippen molar-refractivity contribution in [1.82, 2.24) is 5.32 Å². The van der Waals surface area contributed by atoms with Gasteiger partial charge < -0.3 is 11.1 Å². The van der Waals surface area contributed by atoms with Crippen molar-refractivity contribution in [2.75, 3.05) is 0 Å². The molecule has 0 spiro atoms. The Labute approximate surface area is 106 Å². The second kappa shape index (κ2) is 5.84. The van der Waals surface area contributed by atoms with Gasteiger partial charge in [-0.05, 0) is 28.9 Å². The van der Waals surface area contributed by atoms with Crippen LogP contribution < -0.4 is 11.1 Å². The Morgan fingerprint density at radius 1 is 1.80 bits per heavy atom. The number of hydrogen-bond acceptors (Lipinski definition) is 3. The smallest absolute Gasteiger partial charge is 0.218 e. The number of amides is 1. The van der Waals surface area contributed by atoms with Gasteiger partial charge in [-0.1, -0.05) is 11.6 Å². The summed E-state index contributed by atoms with van der Waals surface area (Å²) >= 11 is 10.8. The highest BCUT2D eigenvalue weighted by molar-refractivity contribution is 9.10. The first-order chi connectivity index (χ1) is 6.99. The Balaban J connectivity index is 2.40. The van der Waals surface area contributed by atoms with Gasteiger partial charge in [0.15, 0.2) is 0 Å². The molecule has 0 aliphatic carbocycles. The van der Waals surface area contributed by atoms with Gasteiger partial charge in [-0.3, -0.25) is 4.79 Å². The van der Waals surface area contributed by atoms with Crippen molar-refractivity contribution in [1.29, 1.82) is 0 Å². The zero-order valence-corrected chi connectivity index (χ0v) is 11.4. The number of halogens is 2. The van der Waals surface area contributed by atoms with Gasteiger partial charge in [-0.2, -0.15) is 0 Å². The summed E-state index contributed by atoms with van der Waals surface area (Å²) in [6.07, 6.45) is 0.347. The van der Waals surface area contributed by atoms with Crippen LogP contribution in [-0.4, -0.2) is 11.9 Å². The first kappa shape index (κ1) is 13.0. The van der Waals surface area contributed by atoms with Crippen molar-refractivity contribution in [3.05, 3.63) is 19.8 Å². The molecule has 3 nitrogen and oxygen atoms in total. The van der Waals surface area contributed by atoms with Crippen molar-refractivity contribution < 1.29 is 4.79 Å². The van der Waals surface area contributed by atoms with Gasteiger partial charge in [0.2, 0.25) is 5.91 Å². The summed E-state index contributed by atoms with van der Waals surface area (Å²) in [4.78, 5) is 11.8. The second-order valence-electron chi connectivity index (χ2n) is 3.29. The van der Waals surface area contributed by atoms with Crippen molar-refractivity contribution in [3.8, 4) is 0 Å². The summed E-state index contributed by atoms with van der Waals surface area (Å²) in [5, 5.41) is 3.20. The van der Waals surface area contributed by atoms with Crippen LogP contribution in [0.4, 0.5) is 0 Å². The molecule has 6 heteroatoms. The van der Waals surface area contributed by atoms with Crippen LogP contribution in [0, 0.1) is 0 Å². The zero-order chi connectivity index (χ0) is 11.4. The van der Waals surface area contributed by atoms with E-state index in [-0.39, 0.29) is 11.9 Å². The summed E-state index contributed by atoms with van der Waals surface area (Å²) in [6, 6.07) is 2.05. The molecule has 3 N–H and O–H groups in total. The van der Waals surface area contributed by atoms with Gasteiger partial charge in [-0.25, -0.2) is 0 Å². The molecule has 1 heterocycles. The lowest BCUT2D eigenvalue weighted by Gasteiger charge is -2.10. The number of rotatable bonds is 5. The summed E-state index contributed by atoms with van der Waals surface area (Å²) in [6.45, 7) is 2.62. The molecule has 0 bridgehead atoms. The molecule has 0 saturated carbocycles. The van der Waals surface area contributed by atoms with Crippen LogP contribution >= 0.6 is 38.9 Å². The maximum atomic E-state index is 10.6. The Bertz CT molecular complexity index is 336. The molecular formula is C9H12BrClN2OS. The van der Waals surface area contributed by atoms with Crippen molar-refractivity contribution in [2.45, 2.75) is 25.9 Å². The Morgan fingerprint density at radius 3 is 2.93 bits per heavy atom. The Kier molecular flexibility index (Phi) is 5.05. The van der Waals surface area contributed by atoms with Crippen LogP contribution in [0.2, 0.25) is 4.34 Å². The summed E-state index contributed by atoms with van der Waals surface area (Å²) in [5.41, 5.74) is 5.09. The Morgan fingerprint density at radius 2 is 2.47 bits per heavy atom. The largest absolute Gasteiger partial charge is 0.370 e. The van der Waals surface area contributed by atoms with Crippen LogP contribution in [-0.2, 0) is 11.3 Å². The molecule has 0 fully saturated rings. The van der Waals surface area contributed by atoms with E-state index < -0.39 is 0 Å². The molecule has 84 valence electrons. The molecule has 0 aliphatic heterocycles. The van der Waals surface area contributed by atoms with E-state index >= 15 is 0 Å². The number of primary amides is 1. The fourth-order valence-corrected chi connectivity index (χ4v) is 2.87. The number of hydrogen-bond donors (Lipinski definition) is 2. The number of nitrogens with two attached hydrogens (primary N) is 1. The molecule has 1 unspecified atom stereocenters. The maximum Gasteiger partial charge on any atom is 0.218 e.